The zero-order chi connectivity index (χ0) is 14.5. The van der Waals surface area contributed by atoms with Crippen molar-refractivity contribution >= 4 is 11.6 Å². The van der Waals surface area contributed by atoms with Crippen molar-refractivity contribution in [1.82, 2.24) is 5.32 Å². The number of nitrogen functional groups attached to an aromatic ring is 1. The monoisotopic (exact) mass is 270 g/mol. The zero-order valence-corrected chi connectivity index (χ0v) is 11.3. The van der Waals surface area contributed by atoms with E-state index in [4.69, 9.17) is 5.73 Å². The van der Waals surface area contributed by atoms with Gasteiger partial charge in [0.05, 0.1) is 12.6 Å². The number of anilines is 1. The highest BCUT2D eigenvalue weighted by molar-refractivity contribution is 5.95. The van der Waals surface area contributed by atoms with E-state index in [1.165, 1.54) is 0 Å². The molecule has 0 saturated heterocycles. The van der Waals surface area contributed by atoms with Gasteiger partial charge in [-0.2, -0.15) is 0 Å². The lowest BCUT2D eigenvalue weighted by molar-refractivity contribution is 0.0916. The highest BCUT2D eigenvalue weighted by atomic mass is 16.3. The highest BCUT2D eigenvalue weighted by Gasteiger charge is 2.15. The molecular weight excluding hydrogens is 252 g/mol. The third kappa shape index (κ3) is 3.36. The van der Waals surface area contributed by atoms with Gasteiger partial charge in [-0.05, 0) is 36.2 Å². The van der Waals surface area contributed by atoms with E-state index >= 15 is 0 Å². The van der Waals surface area contributed by atoms with E-state index in [9.17, 15) is 9.90 Å². The predicted molar refractivity (Wildman–Crippen MR) is 79.3 cm³/mol. The molecule has 0 aliphatic rings. The minimum Gasteiger partial charge on any atom is -0.399 e. The van der Waals surface area contributed by atoms with Gasteiger partial charge in [-0.25, -0.2) is 0 Å². The molecule has 0 aliphatic carbocycles. The van der Waals surface area contributed by atoms with Crippen LogP contribution in [-0.4, -0.2) is 17.6 Å². The van der Waals surface area contributed by atoms with Crippen molar-refractivity contribution in [1.29, 1.82) is 0 Å². The Bertz CT molecular complexity index is 576. The standard InChI is InChI=1S/C16H18N2O2/c1-11-7-13(9-14(17)8-11)16(20)18-15(10-19)12-5-3-2-4-6-12/h2-9,15,19H,10,17H2,1H3,(H,18,20)/t15-/m1/s1. The summed E-state index contributed by atoms with van der Waals surface area (Å²) in [6.07, 6.45) is 0. The number of carbonyl (C=O) groups excluding carboxylic acids is 1. The van der Waals surface area contributed by atoms with Gasteiger partial charge in [-0.15, -0.1) is 0 Å². The van der Waals surface area contributed by atoms with Gasteiger partial charge in [0, 0.05) is 11.3 Å². The summed E-state index contributed by atoms with van der Waals surface area (Å²) in [4.78, 5) is 12.2. The largest absolute Gasteiger partial charge is 0.399 e. The van der Waals surface area contributed by atoms with Crippen molar-refractivity contribution in [2.45, 2.75) is 13.0 Å². The predicted octanol–water partition coefficient (Wildman–Crippen LogP) is 2.04. The Morgan fingerprint density at radius 2 is 1.95 bits per heavy atom. The average molecular weight is 270 g/mol. The molecule has 0 saturated carbocycles. The second-order valence-corrected chi connectivity index (χ2v) is 4.75. The topological polar surface area (TPSA) is 75.4 Å². The summed E-state index contributed by atoms with van der Waals surface area (Å²) >= 11 is 0. The Balaban J connectivity index is 2.17. The van der Waals surface area contributed by atoms with Gasteiger partial charge in [-0.3, -0.25) is 4.79 Å². The minimum atomic E-state index is -0.426. The SMILES string of the molecule is Cc1cc(N)cc(C(=O)N[C@H](CO)c2ccccc2)c1. The van der Waals surface area contributed by atoms with Gasteiger partial charge < -0.3 is 16.2 Å². The Hall–Kier alpha value is -2.33. The number of aryl methyl sites for hydroxylation is 1. The van der Waals surface area contributed by atoms with E-state index < -0.39 is 6.04 Å². The molecule has 104 valence electrons. The number of nitrogens with one attached hydrogen (secondary N) is 1. The van der Waals surface area contributed by atoms with E-state index in [0.29, 0.717) is 11.3 Å². The van der Waals surface area contributed by atoms with Crippen LogP contribution in [0.3, 0.4) is 0 Å². The third-order valence-corrected chi connectivity index (χ3v) is 3.05. The van der Waals surface area contributed by atoms with Crippen molar-refractivity contribution in [3.63, 3.8) is 0 Å². The van der Waals surface area contributed by atoms with E-state index in [2.05, 4.69) is 5.32 Å². The van der Waals surface area contributed by atoms with Gasteiger partial charge in [0.2, 0.25) is 0 Å². The van der Waals surface area contributed by atoms with Crippen LogP contribution in [-0.2, 0) is 0 Å². The quantitative estimate of drug-likeness (QED) is 0.744. The van der Waals surface area contributed by atoms with E-state index in [0.717, 1.165) is 11.1 Å². The normalized spacial score (nSPS) is 11.9. The molecule has 4 nitrogen and oxygen atoms in total. The Morgan fingerprint density at radius 1 is 1.25 bits per heavy atom. The van der Waals surface area contributed by atoms with Crippen LogP contribution in [0.4, 0.5) is 5.69 Å². The molecule has 1 amide bonds. The maximum Gasteiger partial charge on any atom is 0.251 e. The number of aliphatic hydroxyl groups is 1. The van der Waals surface area contributed by atoms with Gasteiger partial charge in [0.15, 0.2) is 0 Å². The Labute approximate surface area is 118 Å². The fourth-order valence-electron chi connectivity index (χ4n) is 2.11. The number of carbonyl (C=O) groups is 1. The van der Waals surface area contributed by atoms with Crippen molar-refractivity contribution in [3.05, 3.63) is 65.2 Å². The molecule has 20 heavy (non-hydrogen) atoms. The first-order valence-corrected chi connectivity index (χ1v) is 6.44. The first-order chi connectivity index (χ1) is 9.60. The molecule has 4 N–H and O–H groups in total. The lowest BCUT2D eigenvalue weighted by Gasteiger charge is -2.17. The molecule has 0 aliphatic heterocycles. The molecular formula is C16H18N2O2. The average Bonchev–Trinajstić information content (AvgIpc) is 2.44. The number of amides is 1. The van der Waals surface area contributed by atoms with Crippen molar-refractivity contribution < 1.29 is 9.90 Å². The molecule has 0 unspecified atom stereocenters. The highest BCUT2D eigenvalue weighted by Crippen LogP contribution is 2.15. The van der Waals surface area contributed by atoms with Crippen LogP contribution in [0.5, 0.6) is 0 Å². The van der Waals surface area contributed by atoms with Gasteiger partial charge in [-0.1, -0.05) is 30.3 Å². The number of hydrogen-bond acceptors (Lipinski definition) is 3. The van der Waals surface area contributed by atoms with Crippen LogP contribution in [0.25, 0.3) is 0 Å². The van der Waals surface area contributed by atoms with Crippen molar-refractivity contribution in [3.8, 4) is 0 Å². The summed E-state index contributed by atoms with van der Waals surface area (Å²) in [7, 11) is 0. The number of benzene rings is 2. The first-order valence-electron chi connectivity index (χ1n) is 6.44. The van der Waals surface area contributed by atoms with Crippen LogP contribution in [0.1, 0.15) is 27.5 Å². The maximum atomic E-state index is 12.2. The second-order valence-electron chi connectivity index (χ2n) is 4.75. The fraction of sp³-hybridized carbons (Fsp3) is 0.188. The minimum absolute atomic E-state index is 0.156. The van der Waals surface area contributed by atoms with Crippen LogP contribution in [0.2, 0.25) is 0 Å². The smallest absolute Gasteiger partial charge is 0.251 e. The molecule has 0 bridgehead atoms. The van der Waals surface area contributed by atoms with Crippen LogP contribution in [0.15, 0.2) is 48.5 Å². The molecule has 2 rings (SSSR count). The molecule has 0 radical (unpaired) electrons. The number of hydrogen-bond donors (Lipinski definition) is 3. The lowest BCUT2D eigenvalue weighted by Crippen LogP contribution is -2.30. The Morgan fingerprint density at radius 3 is 2.55 bits per heavy atom. The van der Waals surface area contributed by atoms with Crippen LogP contribution in [0, 0.1) is 6.92 Å². The summed E-state index contributed by atoms with van der Waals surface area (Å²) < 4.78 is 0. The van der Waals surface area contributed by atoms with Crippen LogP contribution >= 0.6 is 0 Å². The van der Waals surface area contributed by atoms with E-state index in [-0.39, 0.29) is 12.5 Å². The van der Waals surface area contributed by atoms with Crippen LogP contribution < -0.4 is 11.1 Å². The third-order valence-electron chi connectivity index (χ3n) is 3.05. The summed E-state index contributed by atoms with van der Waals surface area (Å²) in [6.45, 7) is 1.73. The molecule has 4 heteroatoms. The maximum absolute atomic E-state index is 12.2. The first kappa shape index (κ1) is 14.1. The number of rotatable bonds is 4. The summed E-state index contributed by atoms with van der Waals surface area (Å²) in [6, 6.07) is 14.1. The molecule has 1 atom stereocenters. The van der Waals surface area contributed by atoms with Gasteiger partial charge in [0.1, 0.15) is 0 Å². The number of aliphatic hydroxyl groups excluding tert-OH is 1. The molecule has 0 aromatic heterocycles. The lowest BCUT2D eigenvalue weighted by atomic mass is 10.1. The molecule has 0 spiro atoms. The van der Waals surface area contributed by atoms with E-state index in [1.807, 2.05) is 37.3 Å². The fourth-order valence-corrected chi connectivity index (χ4v) is 2.11. The van der Waals surface area contributed by atoms with E-state index in [1.54, 1.807) is 18.2 Å². The second kappa shape index (κ2) is 6.21. The van der Waals surface area contributed by atoms with Crippen molar-refractivity contribution in [2.24, 2.45) is 0 Å². The zero-order valence-electron chi connectivity index (χ0n) is 11.3. The molecule has 2 aromatic rings. The Kier molecular flexibility index (Phi) is 4.38. The number of nitrogens with two attached hydrogens (primary N) is 1. The summed E-state index contributed by atoms with van der Waals surface area (Å²) in [5.74, 6) is -0.247. The summed E-state index contributed by atoms with van der Waals surface area (Å²) in [5.41, 5.74) is 8.58. The molecule has 0 fully saturated rings. The summed E-state index contributed by atoms with van der Waals surface area (Å²) in [5, 5.41) is 12.3. The van der Waals surface area contributed by atoms with Crippen molar-refractivity contribution in [2.75, 3.05) is 12.3 Å². The van der Waals surface area contributed by atoms with Gasteiger partial charge in [0.25, 0.3) is 5.91 Å². The van der Waals surface area contributed by atoms with Gasteiger partial charge >= 0.3 is 0 Å². The molecule has 2 aromatic carbocycles. The molecule has 0 heterocycles.